The van der Waals surface area contributed by atoms with Crippen LogP contribution in [0.5, 0.6) is 17.2 Å². The first-order chi connectivity index (χ1) is 17.6. The van der Waals surface area contributed by atoms with Gasteiger partial charge in [-0.3, -0.25) is 4.90 Å². The summed E-state index contributed by atoms with van der Waals surface area (Å²) in [6, 6.07) is 18.9. The Hall–Kier alpha value is -3.29. The summed E-state index contributed by atoms with van der Waals surface area (Å²) in [5.41, 5.74) is 4.14. The van der Waals surface area contributed by atoms with E-state index in [1.807, 2.05) is 32.0 Å². The third-order valence-corrected chi connectivity index (χ3v) is 9.43. The highest BCUT2D eigenvalue weighted by Crippen LogP contribution is 2.47. The zero-order valence-electron chi connectivity index (χ0n) is 21.4. The summed E-state index contributed by atoms with van der Waals surface area (Å²) in [6.07, 6.45) is 0.595. The third kappa shape index (κ3) is 5.11. The van der Waals surface area contributed by atoms with Gasteiger partial charge in [-0.25, -0.2) is 8.42 Å². The number of sulfone groups is 1. The van der Waals surface area contributed by atoms with Gasteiger partial charge in [-0.05, 0) is 91.9 Å². The van der Waals surface area contributed by atoms with Crippen molar-refractivity contribution in [1.82, 2.24) is 4.90 Å². The fraction of sp³-hybridized carbons (Fsp3) is 0.333. The highest BCUT2D eigenvalue weighted by Gasteiger charge is 2.31. The molecule has 0 aromatic heterocycles. The van der Waals surface area contributed by atoms with Crippen LogP contribution in [0.3, 0.4) is 0 Å². The molecule has 0 radical (unpaired) electrons. The summed E-state index contributed by atoms with van der Waals surface area (Å²) >= 11 is 0. The van der Waals surface area contributed by atoms with E-state index >= 15 is 0 Å². The van der Waals surface area contributed by atoms with Gasteiger partial charge in [0, 0.05) is 23.7 Å². The van der Waals surface area contributed by atoms with Gasteiger partial charge in [0.15, 0.2) is 9.84 Å². The highest BCUT2D eigenvalue weighted by molar-refractivity contribution is 7.91. The number of hydrogen-bond acceptors (Lipinski definition) is 6. The number of phenolic OH excluding ortho intramolecular Hbond substituents is 2. The van der Waals surface area contributed by atoms with Crippen molar-refractivity contribution in [2.45, 2.75) is 44.2 Å². The maximum absolute atomic E-state index is 13.2. The normalized spacial score (nSPS) is 20.9. The monoisotopic (exact) mass is 519 g/mol. The average molecular weight is 520 g/mol. The first-order valence-electron chi connectivity index (χ1n) is 12.7. The van der Waals surface area contributed by atoms with Crippen LogP contribution < -0.4 is 4.74 Å². The van der Waals surface area contributed by atoms with Gasteiger partial charge >= 0.3 is 0 Å². The molecule has 2 N–H and O–H groups in total. The minimum absolute atomic E-state index is 0.0350. The molecule has 6 nitrogen and oxygen atoms in total. The molecule has 2 heterocycles. The van der Waals surface area contributed by atoms with Gasteiger partial charge in [0.05, 0.1) is 10.6 Å². The number of nitrogens with zero attached hydrogens (tertiary/aromatic N) is 1. The van der Waals surface area contributed by atoms with E-state index in [4.69, 9.17) is 4.74 Å². The van der Waals surface area contributed by atoms with Crippen LogP contribution in [-0.4, -0.2) is 48.4 Å². The molecular weight excluding hydrogens is 486 g/mol. The number of ether oxygens (including phenoxy) is 1. The zero-order valence-corrected chi connectivity index (χ0v) is 22.2. The molecule has 7 heteroatoms. The molecule has 194 valence electrons. The first kappa shape index (κ1) is 25.4. The van der Waals surface area contributed by atoms with Crippen molar-refractivity contribution in [1.29, 1.82) is 0 Å². The highest BCUT2D eigenvalue weighted by atomic mass is 32.2. The van der Waals surface area contributed by atoms with E-state index in [9.17, 15) is 18.6 Å². The van der Waals surface area contributed by atoms with Gasteiger partial charge in [0.1, 0.15) is 23.4 Å². The molecule has 0 spiro atoms. The van der Waals surface area contributed by atoms with Gasteiger partial charge < -0.3 is 14.9 Å². The molecule has 2 aliphatic heterocycles. The SMILES string of the molecule is CC1=C(c2cccc(O)c2)C(c2ccc(S(=O)(=O)CC(C)N3CCC(C)C3)cc2)Oc2ccc(O)cc21. The van der Waals surface area contributed by atoms with E-state index in [0.29, 0.717) is 16.6 Å². The topological polar surface area (TPSA) is 87.1 Å². The Labute approximate surface area is 218 Å². The van der Waals surface area contributed by atoms with Crippen LogP contribution in [0.25, 0.3) is 11.1 Å². The van der Waals surface area contributed by atoms with Crippen molar-refractivity contribution < 1.29 is 23.4 Å². The Balaban J connectivity index is 1.47. The predicted octanol–water partition coefficient (Wildman–Crippen LogP) is 5.67. The van der Waals surface area contributed by atoms with Crippen molar-refractivity contribution in [3.63, 3.8) is 0 Å². The minimum Gasteiger partial charge on any atom is -0.508 e. The predicted molar refractivity (Wildman–Crippen MR) is 145 cm³/mol. The quantitative estimate of drug-likeness (QED) is 0.437. The van der Waals surface area contributed by atoms with E-state index in [1.165, 1.54) is 0 Å². The largest absolute Gasteiger partial charge is 0.508 e. The molecule has 3 aromatic carbocycles. The summed E-state index contributed by atoms with van der Waals surface area (Å²) in [7, 11) is -3.45. The molecule has 0 bridgehead atoms. The number of allylic oxidation sites excluding steroid dienone is 1. The lowest BCUT2D eigenvalue weighted by Gasteiger charge is -2.31. The zero-order chi connectivity index (χ0) is 26.3. The molecule has 0 saturated carbocycles. The standard InChI is InChI=1S/C30H33NO5S/c1-19-13-14-31(17-19)20(2)18-37(34,35)26-10-7-22(8-11-26)30-29(23-5-4-6-24(32)15-23)21(3)27-16-25(33)9-12-28(27)36-30/h4-12,15-16,19-20,30,32-33H,13-14,17-18H2,1-3H3. The molecule has 0 aliphatic carbocycles. The van der Waals surface area contributed by atoms with Crippen LogP contribution in [0.4, 0.5) is 0 Å². The second-order valence-electron chi connectivity index (χ2n) is 10.4. The molecular formula is C30H33NO5S. The molecule has 37 heavy (non-hydrogen) atoms. The number of hydrogen-bond donors (Lipinski definition) is 2. The number of aromatic hydroxyl groups is 2. The summed E-state index contributed by atoms with van der Waals surface area (Å²) in [5, 5.41) is 20.2. The lowest BCUT2D eigenvalue weighted by molar-refractivity contribution is 0.259. The van der Waals surface area contributed by atoms with E-state index in [0.717, 1.165) is 47.3 Å². The average Bonchev–Trinajstić information content (AvgIpc) is 3.30. The van der Waals surface area contributed by atoms with Crippen molar-refractivity contribution in [3.8, 4) is 17.2 Å². The number of benzene rings is 3. The summed E-state index contributed by atoms with van der Waals surface area (Å²) in [6.45, 7) is 8.04. The number of phenols is 2. The summed E-state index contributed by atoms with van der Waals surface area (Å²) in [4.78, 5) is 2.56. The van der Waals surface area contributed by atoms with Crippen LogP contribution >= 0.6 is 0 Å². The molecule has 2 aliphatic rings. The van der Waals surface area contributed by atoms with E-state index < -0.39 is 15.9 Å². The fourth-order valence-electron chi connectivity index (χ4n) is 5.46. The number of rotatable bonds is 6. The summed E-state index contributed by atoms with van der Waals surface area (Å²) in [5.74, 6) is 1.60. The maximum atomic E-state index is 13.2. The lowest BCUT2D eigenvalue weighted by Crippen LogP contribution is -2.36. The van der Waals surface area contributed by atoms with Gasteiger partial charge in [-0.2, -0.15) is 0 Å². The van der Waals surface area contributed by atoms with Crippen LogP contribution in [0.1, 0.15) is 50.0 Å². The Kier molecular flexibility index (Phi) is 6.77. The van der Waals surface area contributed by atoms with Crippen LogP contribution in [-0.2, 0) is 9.84 Å². The minimum atomic E-state index is -3.45. The molecule has 0 amide bonds. The van der Waals surface area contributed by atoms with Crippen LogP contribution in [0, 0.1) is 5.92 Å². The molecule has 1 saturated heterocycles. The molecule has 1 fully saturated rings. The second kappa shape index (κ2) is 9.88. The van der Waals surface area contributed by atoms with Gasteiger partial charge in [-0.15, -0.1) is 0 Å². The van der Waals surface area contributed by atoms with Crippen molar-refractivity contribution >= 4 is 21.0 Å². The lowest BCUT2D eigenvalue weighted by atomic mass is 9.86. The first-order valence-corrected chi connectivity index (χ1v) is 14.3. The van der Waals surface area contributed by atoms with Crippen molar-refractivity contribution in [2.75, 3.05) is 18.8 Å². The second-order valence-corrected chi connectivity index (χ2v) is 12.4. The van der Waals surface area contributed by atoms with Crippen LogP contribution in [0.2, 0.25) is 0 Å². The molecule has 3 aromatic rings. The third-order valence-electron chi connectivity index (χ3n) is 7.52. The smallest absolute Gasteiger partial charge is 0.179 e. The fourth-order valence-corrected chi connectivity index (χ4v) is 7.05. The van der Waals surface area contributed by atoms with Gasteiger partial charge in [-0.1, -0.05) is 31.2 Å². The van der Waals surface area contributed by atoms with E-state index in [-0.39, 0.29) is 23.3 Å². The Morgan fingerprint density at radius 3 is 2.43 bits per heavy atom. The van der Waals surface area contributed by atoms with E-state index in [1.54, 1.807) is 48.5 Å². The number of likely N-dealkylation sites (tertiary alicyclic amines) is 1. The van der Waals surface area contributed by atoms with Crippen molar-refractivity contribution in [2.24, 2.45) is 5.92 Å². The Bertz CT molecular complexity index is 1450. The maximum Gasteiger partial charge on any atom is 0.179 e. The van der Waals surface area contributed by atoms with E-state index in [2.05, 4.69) is 11.8 Å². The summed E-state index contributed by atoms with van der Waals surface area (Å²) < 4.78 is 32.9. The molecule has 3 atom stereocenters. The van der Waals surface area contributed by atoms with Crippen LogP contribution in [0.15, 0.2) is 71.6 Å². The van der Waals surface area contributed by atoms with Crippen molar-refractivity contribution in [3.05, 3.63) is 83.4 Å². The molecule has 3 unspecified atom stereocenters. The Morgan fingerprint density at radius 2 is 1.76 bits per heavy atom. The molecule has 5 rings (SSSR count). The van der Waals surface area contributed by atoms with Gasteiger partial charge in [0.2, 0.25) is 0 Å². The Morgan fingerprint density at radius 1 is 1.03 bits per heavy atom. The van der Waals surface area contributed by atoms with Gasteiger partial charge in [0.25, 0.3) is 0 Å². The number of fused-ring (bicyclic) bond motifs is 1.